The summed E-state index contributed by atoms with van der Waals surface area (Å²) in [5.74, 6) is -1.05. The Labute approximate surface area is 221 Å². The number of halogens is 1. The van der Waals surface area contributed by atoms with E-state index in [2.05, 4.69) is 38.0 Å². The molecule has 1 aromatic heterocycles. The molecule has 1 atom stereocenters. The van der Waals surface area contributed by atoms with Crippen molar-refractivity contribution in [2.45, 2.75) is 27.2 Å². The van der Waals surface area contributed by atoms with Crippen LogP contribution in [0.15, 0.2) is 72.3 Å². The van der Waals surface area contributed by atoms with Gasteiger partial charge in [0.05, 0.1) is 5.56 Å². The van der Waals surface area contributed by atoms with E-state index in [9.17, 15) is 14.7 Å². The molecule has 0 saturated carbocycles. The van der Waals surface area contributed by atoms with Gasteiger partial charge in [0.25, 0.3) is 5.91 Å². The van der Waals surface area contributed by atoms with Crippen molar-refractivity contribution in [1.82, 2.24) is 14.7 Å². The monoisotopic (exact) mass is 515 g/mol. The predicted molar refractivity (Wildman–Crippen MR) is 146 cm³/mol. The molecule has 37 heavy (non-hydrogen) atoms. The molecule has 6 nitrogen and oxygen atoms in total. The minimum absolute atomic E-state index is 0.120. The fourth-order valence-electron chi connectivity index (χ4n) is 6.01. The van der Waals surface area contributed by atoms with Crippen LogP contribution in [0.5, 0.6) is 0 Å². The Morgan fingerprint density at radius 1 is 0.973 bits per heavy atom. The van der Waals surface area contributed by atoms with Gasteiger partial charge in [0.15, 0.2) is 0 Å². The molecule has 5 rings (SSSR count). The highest BCUT2D eigenvalue weighted by atomic mass is 35.5. The number of carbonyl (C=O) groups excluding carboxylic acids is 1. The van der Waals surface area contributed by atoms with Gasteiger partial charge in [-0.25, -0.2) is 4.79 Å². The first-order valence-electron chi connectivity index (χ1n) is 12.4. The Morgan fingerprint density at radius 2 is 1.65 bits per heavy atom. The highest BCUT2D eigenvalue weighted by molar-refractivity contribution is 6.33. The first-order valence-corrected chi connectivity index (χ1v) is 12.7. The minimum atomic E-state index is -0.931. The summed E-state index contributed by atoms with van der Waals surface area (Å²) in [7, 11) is 1.75. The summed E-state index contributed by atoms with van der Waals surface area (Å²) >= 11 is 6.60. The molecule has 0 fully saturated rings. The van der Waals surface area contributed by atoms with E-state index in [0.717, 1.165) is 17.5 Å². The number of benzene rings is 2. The van der Waals surface area contributed by atoms with Crippen LogP contribution >= 0.6 is 11.6 Å². The number of nitrogens with zero attached hydrogens (tertiary/aromatic N) is 3. The molecule has 2 heterocycles. The number of aromatic nitrogens is 2. The maximum absolute atomic E-state index is 13.9. The maximum atomic E-state index is 13.9. The first kappa shape index (κ1) is 25.0. The van der Waals surface area contributed by atoms with E-state index in [0.29, 0.717) is 29.5 Å². The highest BCUT2D eigenvalue weighted by Gasteiger charge is 2.47. The van der Waals surface area contributed by atoms with Crippen LogP contribution in [-0.4, -0.2) is 44.8 Å². The average Bonchev–Trinajstić information content (AvgIpc) is 3.17. The fraction of sp³-hybridized carbons (Fsp3) is 0.300. The number of carboxylic acid groups (broad SMARTS) is 1. The number of carboxylic acids is 1. The number of carbonyl (C=O) groups is 2. The second-order valence-electron chi connectivity index (χ2n) is 10.7. The zero-order valence-corrected chi connectivity index (χ0v) is 22.2. The molecule has 0 saturated heterocycles. The number of aromatic carboxylic acids is 1. The summed E-state index contributed by atoms with van der Waals surface area (Å²) in [5.41, 5.74) is 5.14. The Hall–Kier alpha value is -3.64. The zero-order chi connectivity index (χ0) is 26.5. The summed E-state index contributed by atoms with van der Waals surface area (Å²) in [6.07, 6.45) is 5.20. The van der Waals surface area contributed by atoms with Crippen molar-refractivity contribution in [3.05, 3.63) is 94.2 Å². The topological polar surface area (TPSA) is 75.4 Å². The average molecular weight is 516 g/mol. The third kappa shape index (κ3) is 4.19. The van der Waals surface area contributed by atoms with Gasteiger partial charge in [-0.2, -0.15) is 5.10 Å². The second-order valence-corrected chi connectivity index (χ2v) is 11.1. The third-order valence-corrected chi connectivity index (χ3v) is 8.21. The Bertz CT molecular complexity index is 1450. The van der Waals surface area contributed by atoms with Crippen molar-refractivity contribution < 1.29 is 14.7 Å². The lowest BCUT2D eigenvalue weighted by Crippen LogP contribution is -2.48. The summed E-state index contributed by atoms with van der Waals surface area (Å²) < 4.78 is 1.55. The van der Waals surface area contributed by atoms with E-state index in [-0.39, 0.29) is 22.3 Å². The fourth-order valence-corrected chi connectivity index (χ4v) is 6.21. The first-order chi connectivity index (χ1) is 17.5. The molecule has 1 aliphatic carbocycles. The summed E-state index contributed by atoms with van der Waals surface area (Å²) in [6.45, 7) is 7.68. The number of amides is 1. The number of aryl methyl sites for hydroxylation is 1. The standard InChI is InChI=1S/C30H30ClN3O3/c1-29(2)22(19-10-12-21(13-11-19)28(36)37)14-16-30(3)18-34(17-15-23(29)30)27(35)24-25(32-33(4)26(24)31)20-8-6-5-7-9-20/h5-15H,16-18H2,1-4H3,(H,36,37)/t30-/m1/s1. The van der Waals surface area contributed by atoms with Crippen molar-refractivity contribution in [3.8, 4) is 11.3 Å². The Balaban J connectivity index is 1.46. The van der Waals surface area contributed by atoms with Crippen LogP contribution in [-0.2, 0) is 7.05 Å². The van der Waals surface area contributed by atoms with Crippen molar-refractivity contribution in [2.75, 3.05) is 13.1 Å². The summed E-state index contributed by atoms with van der Waals surface area (Å²) in [5, 5.41) is 14.1. The lowest BCUT2D eigenvalue weighted by Gasteiger charge is -2.50. The van der Waals surface area contributed by atoms with Gasteiger partial charge < -0.3 is 10.0 Å². The molecular weight excluding hydrogens is 486 g/mol. The lowest BCUT2D eigenvalue weighted by atomic mass is 9.58. The van der Waals surface area contributed by atoms with Crippen LogP contribution in [0.3, 0.4) is 0 Å². The SMILES string of the molecule is Cn1nc(-c2ccccc2)c(C(=O)N2CC=C3C(C)(C)C(c4ccc(C(=O)O)cc4)=CC[C@]3(C)C2)c1Cl. The predicted octanol–water partition coefficient (Wildman–Crippen LogP) is 6.34. The van der Waals surface area contributed by atoms with E-state index < -0.39 is 5.97 Å². The van der Waals surface area contributed by atoms with E-state index in [1.165, 1.54) is 11.1 Å². The normalized spacial score (nSPS) is 20.6. The maximum Gasteiger partial charge on any atom is 0.335 e. The molecule has 0 radical (unpaired) electrons. The molecular formula is C30H30ClN3O3. The molecule has 7 heteroatoms. The number of hydrogen-bond donors (Lipinski definition) is 1. The van der Waals surface area contributed by atoms with Crippen molar-refractivity contribution in [1.29, 1.82) is 0 Å². The quantitative estimate of drug-likeness (QED) is 0.411. The van der Waals surface area contributed by atoms with Crippen molar-refractivity contribution in [2.24, 2.45) is 17.9 Å². The molecule has 3 aromatic rings. The van der Waals surface area contributed by atoms with Crippen LogP contribution in [0.1, 0.15) is 53.5 Å². The van der Waals surface area contributed by atoms with Gasteiger partial charge in [0.1, 0.15) is 16.4 Å². The smallest absolute Gasteiger partial charge is 0.335 e. The molecule has 2 aliphatic rings. The molecule has 0 spiro atoms. The van der Waals surface area contributed by atoms with Gasteiger partial charge in [-0.1, -0.05) is 92.6 Å². The van der Waals surface area contributed by atoms with Crippen LogP contribution in [0, 0.1) is 10.8 Å². The Kier molecular flexibility index (Phi) is 6.11. The van der Waals surface area contributed by atoms with Gasteiger partial charge in [-0.3, -0.25) is 9.48 Å². The van der Waals surface area contributed by atoms with E-state index in [1.807, 2.05) is 47.4 Å². The zero-order valence-electron chi connectivity index (χ0n) is 21.5. The van der Waals surface area contributed by atoms with Gasteiger partial charge in [-0.05, 0) is 29.7 Å². The van der Waals surface area contributed by atoms with Crippen molar-refractivity contribution in [3.63, 3.8) is 0 Å². The third-order valence-electron chi connectivity index (χ3n) is 7.78. The largest absolute Gasteiger partial charge is 0.478 e. The number of allylic oxidation sites excluding steroid dienone is 2. The molecule has 1 N–H and O–H groups in total. The van der Waals surface area contributed by atoms with Crippen LogP contribution < -0.4 is 0 Å². The van der Waals surface area contributed by atoms with Gasteiger partial charge >= 0.3 is 5.97 Å². The van der Waals surface area contributed by atoms with Crippen LogP contribution in [0.25, 0.3) is 16.8 Å². The molecule has 190 valence electrons. The number of hydrogen-bond acceptors (Lipinski definition) is 3. The summed E-state index contributed by atoms with van der Waals surface area (Å²) in [4.78, 5) is 27.0. The van der Waals surface area contributed by atoms with E-state index >= 15 is 0 Å². The van der Waals surface area contributed by atoms with Crippen LogP contribution in [0.4, 0.5) is 0 Å². The van der Waals surface area contributed by atoms with E-state index in [4.69, 9.17) is 11.6 Å². The highest BCUT2D eigenvalue weighted by Crippen LogP contribution is 2.55. The number of rotatable bonds is 4. The van der Waals surface area contributed by atoms with Gasteiger partial charge in [0.2, 0.25) is 0 Å². The van der Waals surface area contributed by atoms with Crippen LogP contribution in [0.2, 0.25) is 5.15 Å². The van der Waals surface area contributed by atoms with Gasteiger partial charge in [-0.15, -0.1) is 0 Å². The molecule has 0 bridgehead atoms. The molecule has 1 amide bonds. The molecule has 1 aliphatic heterocycles. The minimum Gasteiger partial charge on any atom is -0.478 e. The van der Waals surface area contributed by atoms with E-state index in [1.54, 1.807) is 23.9 Å². The lowest BCUT2D eigenvalue weighted by molar-refractivity contribution is 0.0679. The Morgan fingerprint density at radius 3 is 2.30 bits per heavy atom. The number of fused-ring (bicyclic) bond motifs is 1. The summed E-state index contributed by atoms with van der Waals surface area (Å²) in [6, 6.07) is 16.7. The molecule has 0 unspecified atom stereocenters. The second kappa shape index (κ2) is 9.03. The van der Waals surface area contributed by atoms with Crippen molar-refractivity contribution >= 4 is 29.1 Å². The molecule has 2 aromatic carbocycles. The van der Waals surface area contributed by atoms with Gasteiger partial charge in [0, 0.05) is 36.5 Å².